The van der Waals surface area contributed by atoms with Crippen molar-refractivity contribution in [3.63, 3.8) is 0 Å². The largest absolute Gasteiger partial charge is 0.485 e. The molecule has 0 fully saturated rings. The summed E-state index contributed by atoms with van der Waals surface area (Å²) < 4.78 is 20.9. The normalized spacial score (nSPS) is 10.7. The fraction of sp³-hybridized carbons (Fsp3) is 0.190. The Kier molecular flexibility index (Phi) is 7.95. The Labute approximate surface area is 193 Å². The number of hydrogen-bond acceptors (Lipinski definition) is 5. The van der Waals surface area contributed by atoms with E-state index in [2.05, 4.69) is 22.1 Å². The zero-order valence-corrected chi connectivity index (χ0v) is 18.9. The Bertz CT molecular complexity index is 1110. The Morgan fingerprint density at radius 1 is 1.29 bits per heavy atom. The third kappa shape index (κ3) is 6.22. The molecule has 0 saturated carbocycles. The van der Waals surface area contributed by atoms with Crippen LogP contribution in [0.1, 0.15) is 11.4 Å². The van der Waals surface area contributed by atoms with Crippen molar-refractivity contribution in [2.45, 2.75) is 25.2 Å². The summed E-state index contributed by atoms with van der Waals surface area (Å²) in [5.41, 5.74) is 1.33. The minimum absolute atomic E-state index is 0.0586. The van der Waals surface area contributed by atoms with E-state index in [9.17, 15) is 9.18 Å². The zero-order chi connectivity index (χ0) is 22.4. The molecule has 3 aromatic rings. The molecule has 0 spiro atoms. The predicted molar refractivity (Wildman–Crippen MR) is 122 cm³/mol. The van der Waals surface area contributed by atoms with Gasteiger partial charge in [-0.3, -0.25) is 9.36 Å². The maximum Gasteiger partial charge on any atom is 0.234 e. The second-order valence-electron chi connectivity index (χ2n) is 6.46. The minimum Gasteiger partial charge on any atom is -0.485 e. The highest BCUT2D eigenvalue weighted by molar-refractivity contribution is 7.99. The maximum atomic E-state index is 13.2. The Morgan fingerprint density at radius 3 is 2.81 bits per heavy atom. The standard InChI is InChI=1S/C21H19Cl2FN4O2S/c1-3-8-28-19(11-30-18-7-4-14(22)9-13(18)2)26-27-21(28)31-12-20(29)25-15-5-6-17(24)16(23)10-15/h3-7,9-10H,1,8,11-12H2,2H3,(H,25,29). The van der Waals surface area contributed by atoms with Crippen LogP contribution in [0.2, 0.25) is 10.0 Å². The number of carbonyl (C=O) groups is 1. The molecule has 2 aromatic carbocycles. The number of allylic oxidation sites excluding steroid dienone is 1. The van der Waals surface area contributed by atoms with Crippen LogP contribution in [0.25, 0.3) is 0 Å². The molecule has 6 nitrogen and oxygen atoms in total. The quantitative estimate of drug-likeness (QED) is 0.322. The minimum atomic E-state index is -0.546. The number of rotatable bonds is 9. The van der Waals surface area contributed by atoms with Crippen molar-refractivity contribution in [3.8, 4) is 5.75 Å². The first-order chi connectivity index (χ1) is 14.9. The number of thioether (sulfide) groups is 1. The summed E-state index contributed by atoms with van der Waals surface area (Å²) >= 11 is 12.9. The summed E-state index contributed by atoms with van der Waals surface area (Å²) in [6.07, 6.45) is 1.71. The van der Waals surface area contributed by atoms with E-state index in [4.69, 9.17) is 27.9 Å². The SMILES string of the molecule is C=CCn1c(COc2ccc(Cl)cc2C)nnc1SCC(=O)Nc1ccc(F)c(Cl)c1. The number of nitrogens with one attached hydrogen (secondary N) is 1. The van der Waals surface area contributed by atoms with Crippen molar-refractivity contribution in [1.82, 2.24) is 14.8 Å². The van der Waals surface area contributed by atoms with Gasteiger partial charge in [0.15, 0.2) is 11.0 Å². The fourth-order valence-electron chi connectivity index (χ4n) is 2.66. The Balaban J connectivity index is 1.63. The molecule has 1 N–H and O–H groups in total. The fourth-order valence-corrected chi connectivity index (χ4v) is 3.84. The first-order valence-corrected chi connectivity index (χ1v) is 10.9. The maximum absolute atomic E-state index is 13.2. The first kappa shape index (κ1) is 23.1. The number of carbonyl (C=O) groups excluding carboxylic acids is 1. The van der Waals surface area contributed by atoms with Gasteiger partial charge in [-0.15, -0.1) is 16.8 Å². The van der Waals surface area contributed by atoms with E-state index >= 15 is 0 Å². The summed E-state index contributed by atoms with van der Waals surface area (Å²) in [4.78, 5) is 12.3. The third-order valence-corrected chi connectivity index (χ3v) is 5.63. The molecule has 0 bridgehead atoms. The van der Waals surface area contributed by atoms with Gasteiger partial charge in [0.2, 0.25) is 5.91 Å². The lowest BCUT2D eigenvalue weighted by molar-refractivity contribution is -0.113. The van der Waals surface area contributed by atoms with Crippen LogP contribution in [0, 0.1) is 12.7 Å². The first-order valence-electron chi connectivity index (χ1n) is 9.17. The predicted octanol–water partition coefficient (Wildman–Crippen LogP) is 5.53. The number of hydrogen-bond donors (Lipinski definition) is 1. The smallest absolute Gasteiger partial charge is 0.234 e. The number of anilines is 1. The molecule has 1 amide bonds. The van der Waals surface area contributed by atoms with Gasteiger partial charge in [0.25, 0.3) is 0 Å². The van der Waals surface area contributed by atoms with Crippen LogP contribution >= 0.6 is 35.0 Å². The summed E-state index contributed by atoms with van der Waals surface area (Å²) in [5.74, 6) is 0.554. The highest BCUT2D eigenvalue weighted by atomic mass is 35.5. The third-order valence-electron chi connectivity index (χ3n) is 4.13. The second kappa shape index (κ2) is 10.7. The lowest BCUT2D eigenvalue weighted by atomic mass is 10.2. The van der Waals surface area contributed by atoms with E-state index in [-0.39, 0.29) is 23.3 Å². The topological polar surface area (TPSA) is 69.0 Å². The molecule has 0 saturated heterocycles. The van der Waals surface area contributed by atoms with Gasteiger partial charge in [-0.2, -0.15) is 0 Å². The molecular formula is C21H19Cl2FN4O2S. The van der Waals surface area contributed by atoms with Crippen molar-refractivity contribution in [2.75, 3.05) is 11.1 Å². The number of amides is 1. The van der Waals surface area contributed by atoms with Gasteiger partial charge < -0.3 is 10.1 Å². The average molecular weight is 481 g/mol. The monoisotopic (exact) mass is 480 g/mol. The molecule has 1 aromatic heterocycles. The molecule has 0 aliphatic carbocycles. The van der Waals surface area contributed by atoms with E-state index < -0.39 is 5.82 Å². The lowest BCUT2D eigenvalue weighted by Crippen LogP contribution is -2.15. The van der Waals surface area contributed by atoms with Crippen LogP contribution in [0.4, 0.5) is 10.1 Å². The molecule has 0 aliphatic heterocycles. The molecule has 0 unspecified atom stereocenters. The van der Waals surface area contributed by atoms with Gasteiger partial charge in [0, 0.05) is 17.3 Å². The van der Waals surface area contributed by atoms with Crippen molar-refractivity contribution in [1.29, 1.82) is 0 Å². The number of benzene rings is 2. The molecule has 10 heteroatoms. The van der Waals surface area contributed by atoms with Crippen LogP contribution in [0.15, 0.2) is 54.2 Å². The summed E-state index contributed by atoms with van der Waals surface area (Å²) in [6, 6.07) is 9.37. The van der Waals surface area contributed by atoms with Crippen molar-refractivity contribution in [3.05, 3.63) is 76.3 Å². The van der Waals surface area contributed by atoms with Gasteiger partial charge >= 0.3 is 0 Å². The highest BCUT2D eigenvalue weighted by Crippen LogP contribution is 2.24. The van der Waals surface area contributed by atoms with E-state index in [1.165, 1.54) is 30.0 Å². The van der Waals surface area contributed by atoms with Crippen molar-refractivity contribution < 1.29 is 13.9 Å². The summed E-state index contributed by atoms with van der Waals surface area (Å²) in [7, 11) is 0. The van der Waals surface area contributed by atoms with Gasteiger partial charge in [-0.05, 0) is 48.9 Å². The number of aromatic nitrogens is 3. The highest BCUT2D eigenvalue weighted by Gasteiger charge is 2.15. The number of ether oxygens (including phenoxy) is 1. The molecule has 0 radical (unpaired) electrons. The molecule has 162 valence electrons. The van der Waals surface area contributed by atoms with Crippen LogP contribution in [0.5, 0.6) is 5.75 Å². The average Bonchev–Trinajstić information content (AvgIpc) is 3.10. The molecule has 0 aliphatic rings. The van der Waals surface area contributed by atoms with Crippen LogP contribution in [-0.2, 0) is 17.9 Å². The molecule has 1 heterocycles. The van der Waals surface area contributed by atoms with Crippen LogP contribution < -0.4 is 10.1 Å². The molecular weight excluding hydrogens is 462 g/mol. The second-order valence-corrected chi connectivity index (χ2v) is 8.25. The van der Waals surface area contributed by atoms with Gasteiger partial charge in [-0.25, -0.2) is 4.39 Å². The summed E-state index contributed by atoms with van der Waals surface area (Å²) in [6.45, 7) is 6.33. The van der Waals surface area contributed by atoms with E-state index in [0.717, 1.165) is 5.56 Å². The number of aryl methyl sites for hydroxylation is 1. The summed E-state index contributed by atoms with van der Waals surface area (Å²) in [5, 5.41) is 12.2. The van der Waals surface area contributed by atoms with Crippen molar-refractivity contribution >= 4 is 46.6 Å². The van der Waals surface area contributed by atoms with Crippen LogP contribution in [-0.4, -0.2) is 26.4 Å². The van der Waals surface area contributed by atoms with Crippen LogP contribution in [0.3, 0.4) is 0 Å². The number of halogens is 3. The molecule has 31 heavy (non-hydrogen) atoms. The Hall–Kier alpha value is -2.55. The van der Waals surface area contributed by atoms with Crippen molar-refractivity contribution in [2.24, 2.45) is 0 Å². The Morgan fingerprint density at radius 2 is 2.10 bits per heavy atom. The molecule has 0 atom stereocenters. The van der Waals surface area contributed by atoms with Gasteiger partial charge in [-0.1, -0.05) is 41.0 Å². The van der Waals surface area contributed by atoms with E-state index in [0.29, 0.717) is 34.0 Å². The van der Waals surface area contributed by atoms with E-state index in [1.54, 1.807) is 18.2 Å². The van der Waals surface area contributed by atoms with Gasteiger partial charge in [0.1, 0.15) is 18.2 Å². The van der Waals surface area contributed by atoms with Gasteiger partial charge in [0.05, 0.1) is 10.8 Å². The zero-order valence-electron chi connectivity index (χ0n) is 16.6. The lowest BCUT2D eigenvalue weighted by Gasteiger charge is -2.11. The number of nitrogens with zero attached hydrogens (tertiary/aromatic N) is 3. The molecule has 3 rings (SSSR count). The van der Waals surface area contributed by atoms with E-state index in [1.807, 2.05) is 17.6 Å².